The second-order valence-corrected chi connectivity index (χ2v) is 6.50. The second kappa shape index (κ2) is 13.5. The molecule has 0 N–H and O–H groups in total. The van der Waals surface area contributed by atoms with Crippen LogP contribution in [0.4, 0.5) is 0 Å². The largest absolute Gasteiger partial charge is 0.469 e. The predicted octanol–water partition coefficient (Wildman–Crippen LogP) is -0.405. The van der Waals surface area contributed by atoms with Gasteiger partial charge in [0.1, 0.15) is 0 Å². The molecule has 1 saturated heterocycles. The number of ether oxygens (including phenoxy) is 3. The number of esters is 3. The summed E-state index contributed by atoms with van der Waals surface area (Å²) in [6.45, 7) is 7.19. The van der Waals surface area contributed by atoms with E-state index in [1.54, 1.807) is 0 Å². The average Bonchev–Trinajstić information content (AvgIpc) is 2.71. The van der Waals surface area contributed by atoms with Crippen molar-refractivity contribution in [2.75, 3.05) is 80.2 Å². The highest BCUT2D eigenvalue weighted by atomic mass is 16.5. The van der Waals surface area contributed by atoms with Crippen molar-refractivity contribution in [1.29, 1.82) is 0 Å². The number of rotatable bonds is 12. The number of carbonyl (C=O) groups excluding carboxylic acids is 3. The van der Waals surface area contributed by atoms with Crippen molar-refractivity contribution in [1.82, 2.24) is 14.7 Å². The van der Waals surface area contributed by atoms with Crippen molar-refractivity contribution < 1.29 is 28.6 Å². The molecule has 27 heavy (non-hydrogen) atoms. The lowest BCUT2D eigenvalue weighted by atomic mass is 10.2. The summed E-state index contributed by atoms with van der Waals surface area (Å²) in [5, 5.41) is 0. The van der Waals surface area contributed by atoms with Gasteiger partial charge in [-0.25, -0.2) is 0 Å². The molecule has 0 aromatic heterocycles. The fourth-order valence-electron chi connectivity index (χ4n) is 2.91. The van der Waals surface area contributed by atoms with E-state index < -0.39 is 0 Å². The first-order valence-electron chi connectivity index (χ1n) is 9.36. The zero-order valence-corrected chi connectivity index (χ0v) is 16.8. The fourth-order valence-corrected chi connectivity index (χ4v) is 2.91. The molecule has 1 rings (SSSR count). The van der Waals surface area contributed by atoms with Crippen LogP contribution in [0.2, 0.25) is 0 Å². The van der Waals surface area contributed by atoms with Gasteiger partial charge in [0, 0.05) is 58.9 Å². The summed E-state index contributed by atoms with van der Waals surface area (Å²) in [5.41, 5.74) is 0. The van der Waals surface area contributed by atoms with Crippen LogP contribution in [0, 0.1) is 0 Å². The minimum absolute atomic E-state index is 0.177. The van der Waals surface area contributed by atoms with Gasteiger partial charge in [-0.2, -0.15) is 0 Å². The standard InChI is InChI=1S/C18H33N3O6/c1-25-16(22)4-7-19(8-5-17(23)26-2)10-13-21-14-11-20(12-15-21)9-6-18(24)27-3/h4-15H2,1-3H3. The van der Waals surface area contributed by atoms with E-state index in [-0.39, 0.29) is 17.9 Å². The maximum absolute atomic E-state index is 11.4. The van der Waals surface area contributed by atoms with Crippen LogP contribution in [0.15, 0.2) is 0 Å². The third-order valence-corrected chi connectivity index (χ3v) is 4.78. The normalized spacial score (nSPS) is 15.6. The maximum Gasteiger partial charge on any atom is 0.306 e. The van der Waals surface area contributed by atoms with Crippen LogP contribution in [-0.2, 0) is 28.6 Å². The highest BCUT2D eigenvalue weighted by Gasteiger charge is 2.19. The Morgan fingerprint density at radius 3 is 1.52 bits per heavy atom. The highest BCUT2D eigenvalue weighted by molar-refractivity contribution is 5.70. The number of hydrogen-bond donors (Lipinski definition) is 0. The first-order valence-corrected chi connectivity index (χ1v) is 9.36. The first kappa shape index (κ1) is 23.3. The molecule has 0 saturated carbocycles. The Kier molecular flexibility index (Phi) is 11.6. The minimum atomic E-state index is -0.253. The Labute approximate surface area is 161 Å². The average molecular weight is 387 g/mol. The van der Waals surface area contributed by atoms with Crippen LogP contribution in [0.3, 0.4) is 0 Å². The molecule has 0 atom stereocenters. The van der Waals surface area contributed by atoms with E-state index in [2.05, 4.69) is 19.4 Å². The molecule has 0 aliphatic carbocycles. The molecular weight excluding hydrogens is 354 g/mol. The van der Waals surface area contributed by atoms with Gasteiger partial charge in [0.2, 0.25) is 0 Å². The van der Waals surface area contributed by atoms with Crippen molar-refractivity contribution >= 4 is 17.9 Å². The smallest absolute Gasteiger partial charge is 0.306 e. The number of nitrogens with zero attached hydrogens (tertiary/aromatic N) is 3. The van der Waals surface area contributed by atoms with E-state index in [0.717, 1.165) is 45.8 Å². The first-order chi connectivity index (χ1) is 13.0. The number of hydrogen-bond acceptors (Lipinski definition) is 9. The van der Waals surface area contributed by atoms with Gasteiger partial charge >= 0.3 is 17.9 Å². The van der Waals surface area contributed by atoms with E-state index in [4.69, 9.17) is 9.47 Å². The Balaban J connectivity index is 2.33. The number of carbonyl (C=O) groups is 3. The molecule has 1 aliphatic rings. The lowest BCUT2D eigenvalue weighted by Crippen LogP contribution is -2.49. The Morgan fingerprint density at radius 2 is 1.07 bits per heavy atom. The fraction of sp³-hybridized carbons (Fsp3) is 0.833. The molecule has 1 heterocycles. The van der Waals surface area contributed by atoms with Gasteiger partial charge in [-0.3, -0.25) is 19.3 Å². The van der Waals surface area contributed by atoms with Crippen LogP contribution in [0.25, 0.3) is 0 Å². The second-order valence-electron chi connectivity index (χ2n) is 6.50. The molecule has 0 aromatic rings. The zero-order valence-electron chi connectivity index (χ0n) is 16.8. The zero-order chi connectivity index (χ0) is 20.1. The highest BCUT2D eigenvalue weighted by Crippen LogP contribution is 2.05. The third kappa shape index (κ3) is 10.3. The van der Waals surface area contributed by atoms with Gasteiger partial charge in [-0.05, 0) is 0 Å². The Morgan fingerprint density at radius 1 is 0.667 bits per heavy atom. The molecule has 0 amide bonds. The molecular formula is C18H33N3O6. The molecule has 0 aromatic carbocycles. The maximum atomic E-state index is 11.4. The lowest BCUT2D eigenvalue weighted by Gasteiger charge is -2.35. The summed E-state index contributed by atoms with van der Waals surface area (Å²) in [7, 11) is 4.16. The van der Waals surface area contributed by atoms with Crippen molar-refractivity contribution in [3.63, 3.8) is 0 Å². The molecule has 156 valence electrons. The van der Waals surface area contributed by atoms with Crippen molar-refractivity contribution in [2.45, 2.75) is 19.3 Å². The lowest BCUT2D eigenvalue weighted by molar-refractivity contribution is -0.142. The van der Waals surface area contributed by atoms with E-state index >= 15 is 0 Å². The van der Waals surface area contributed by atoms with Gasteiger partial charge in [-0.15, -0.1) is 0 Å². The van der Waals surface area contributed by atoms with Crippen LogP contribution >= 0.6 is 0 Å². The molecule has 0 radical (unpaired) electrons. The van der Waals surface area contributed by atoms with Crippen molar-refractivity contribution in [3.05, 3.63) is 0 Å². The van der Waals surface area contributed by atoms with E-state index in [9.17, 15) is 14.4 Å². The summed E-state index contributed by atoms with van der Waals surface area (Å²) in [5.74, 6) is -0.682. The minimum Gasteiger partial charge on any atom is -0.469 e. The van der Waals surface area contributed by atoms with Gasteiger partial charge in [0.05, 0.1) is 40.6 Å². The third-order valence-electron chi connectivity index (χ3n) is 4.78. The van der Waals surface area contributed by atoms with Crippen LogP contribution in [-0.4, -0.2) is 113 Å². The number of methoxy groups -OCH3 is 3. The Bertz CT molecular complexity index is 446. The quantitative estimate of drug-likeness (QED) is 0.328. The van der Waals surface area contributed by atoms with Crippen molar-refractivity contribution in [2.24, 2.45) is 0 Å². The van der Waals surface area contributed by atoms with Crippen molar-refractivity contribution in [3.8, 4) is 0 Å². The predicted molar refractivity (Wildman–Crippen MR) is 99.2 cm³/mol. The summed E-state index contributed by atoms with van der Waals surface area (Å²) < 4.78 is 14.1. The van der Waals surface area contributed by atoms with E-state index in [1.807, 2.05) is 0 Å². The summed E-state index contributed by atoms with van der Waals surface area (Å²) in [6.07, 6.45) is 1.03. The molecule has 0 spiro atoms. The van der Waals surface area contributed by atoms with Gasteiger partial charge in [0.15, 0.2) is 0 Å². The van der Waals surface area contributed by atoms with Crippen LogP contribution < -0.4 is 0 Å². The number of piperazine rings is 1. The SMILES string of the molecule is COC(=O)CCN(CCC(=O)OC)CCN1CCN(CCC(=O)OC)CC1. The monoisotopic (exact) mass is 387 g/mol. The molecule has 1 fully saturated rings. The van der Waals surface area contributed by atoms with E-state index in [0.29, 0.717) is 32.4 Å². The van der Waals surface area contributed by atoms with Gasteiger partial charge in [0.25, 0.3) is 0 Å². The molecule has 1 aliphatic heterocycles. The summed E-state index contributed by atoms with van der Waals surface area (Å²) >= 11 is 0. The van der Waals surface area contributed by atoms with Crippen LogP contribution in [0.1, 0.15) is 19.3 Å². The van der Waals surface area contributed by atoms with Gasteiger partial charge in [-0.1, -0.05) is 0 Å². The van der Waals surface area contributed by atoms with E-state index in [1.165, 1.54) is 21.3 Å². The topological polar surface area (TPSA) is 88.6 Å². The summed E-state index contributed by atoms with van der Waals surface area (Å²) in [6, 6.07) is 0. The molecule has 9 heteroatoms. The molecule has 9 nitrogen and oxygen atoms in total. The molecule has 0 bridgehead atoms. The Hall–Kier alpha value is -1.71. The van der Waals surface area contributed by atoms with Gasteiger partial charge < -0.3 is 24.0 Å². The molecule has 0 unspecified atom stereocenters. The van der Waals surface area contributed by atoms with Crippen LogP contribution in [0.5, 0.6) is 0 Å². The summed E-state index contributed by atoms with van der Waals surface area (Å²) in [4.78, 5) is 40.7.